The average Bonchev–Trinajstić information content (AvgIpc) is 3.76. The second-order valence-corrected chi connectivity index (χ2v) is 10.5. The van der Waals surface area contributed by atoms with Crippen molar-refractivity contribution in [2.75, 3.05) is 23.9 Å². The number of hydrogen-bond donors (Lipinski definition) is 2. The number of nitrogens with one attached hydrogen (secondary N) is 2. The summed E-state index contributed by atoms with van der Waals surface area (Å²) in [7, 11) is 1.80. The molecule has 0 saturated heterocycles. The standard InChI is InChI=1S/C33H31N7O4/c1-3-44-33(43)23-11-5-4-10-22(23)20-40-19-18-27(34-31(41)21-16-17-21)29(32(40)42)39(2)28-15-9-8-13-25(28)24-12-6-7-14-26(24)30-35-37-38-36-30/h4-15,18-19,21H,3,16-17,20H2,1-2H3,(H,34,41)(H,35,36,37,38). The first kappa shape index (κ1) is 28.5. The van der Waals surface area contributed by atoms with E-state index in [2.05, 4.69) is 25.9 Å². The minimum Gasteiger partial charge on any atom is -0.462 e. The molecule has 1 saturated carbocycles. The van der Waals surface area contributed by atoms with Crippen LogP contribution in [0.15, 0.2) is 89.9 Å². The second kappa shape index (κ2) is 12.3. The van der Waals surface area contributed by atoms with Crippen LogP contribution in [0.2, 0.25) is 0 Å². The molecule has 0 radical (unpaired) electrons. The zero-order valence-electron chi connectivity index (χ0n) is 24.4. The predicted molar refractivity (Wildman–Crippen MR) is 167 cm³/mol. The van der Waals surface area contributed by atoms with Gasteiger partial charge in [-0.3, -0.25) is 9.59 Å². The van der Waals surface area contributed by atoms with E-state index in [0.29, 0.717) is 28.3 Å². The van der Waals surface area contributed by atoms with Crippen LogP contribution in [0.25, 0.3) is 22.5 Å². The van der Waals surface area contributed by atoms with Crippen LogP contribution in [0.1, 0.15) is 35.7 Å². The van der Waals surface area contributed by atoms with Gasteiger partial charge in [0.1, 0.15) is 5.69 Å². The van der Waals surface area contributed by atoms with E-state index in [0.717, 1.165) is 35.2 Å². The van der Waals surface area contributed by atoms with E-state index < -0.39 is 5.97 Å². The number of hydrogen-bond acceptors (Lipinski definition) is 8. The van der Waals surface area contributed by atoms with E-state index in [1.54, 1.807) is 49.3 Å². The Labute approximate surface area is 253 Å². The smallest absolute Gasteiger partial charge is 0.338 e. The molecule has 44 heavy (non-hydrogen) atoms. The number of amides is 1. The lowest BCUT2D eigenvalue weighted by Crippen LogP contribution is -2.30. The van der Waals surface area contributed by atoms with Crippen molar-refractivity contribution in [3.05, 3.63) is 107 Å². The topological polar surface area (TPSA) is 135 Å². The highest BCUT2D eigenvalue weighted by Gasteiger charge is 2.31. The molecule has 1 aliphatic carbocycles. The maximum atomic E-state index is 14.3. The number of aromatic amines is 1. The number of aromatic nitrogens is 5. The molecule has 11 nitrogen and oxygen atoms in total. The molecule has 2 aromatic heterocycles. The Morgan fingerprint density at radius 2 is 1.68 bits per heavy atom. The van der Waals surface area contributed by atoms with Gasteiger partial charge < -0.3 is 19.5 Å². The van der Waals surface area contributed by atoms with Crippen LogP contribution >= 0.6 is 0 Å². The van der Waals surface area contributed by atoms with E-state index >= 15 is 0 Å². The van der Waals surface area contributed by atoms with Crippen LogP contribution in [0.3, 0.4) is 0 Å². The highest BCUT2D eigenvalue weighted by atomic mass is 16.5. The van der Waals surface area contributed by atoms with Crippen molar-refractivity contribution < 1.29 is 14.3 Å². The van der Waals surface area contributed by atoms with Gasteiger partial charge in [-0.25, -0.2) is 9.89 Å². The minimum absolute atomic E-state index is 0.0540. The zero-order chi connectivity index (χ0) is 30.6. The Morgan fingerprint density at radius 3 is 2.41 bits per heavy atom. The molecule has 1 fully saturated rings. The van der Waals surface area contributed by atoms with Gasteiger partial charge in [-0.05, 0) is 59.5 Å². The lowest BCUT2D eigenvalue weighted by atomic mass is 9.97. The summed E-state index contributed by atoms with van der Waals surface area (Å²) in [4.78, 5) is 41.7. The van der Waals surface area contributed by atoms with Crippen LogP contribution in [0.5, 0.6) is 0 Å². The summed E-state index contributed by atoms with van der Waals surface area (Å²) >= 11 is 0. The number of H-pyrrole nitrogens is 1. The summed E-state index contributed by atoms with van der Waals surface area (Å²) in [5, 5.41) is 17.4. The molecule has 222 valence electrons. The van der Waals surface area contributed by atoms with Crippen molar-refractivity contribution in [3.8, 4) is 22.5 Å². The molecule has 0 bridgehead atoms. The van der Waals surface area contributed by atoms with E-state index in [-0.39, 0.29) is 30.5 Å². The maximum Gasteiger partial charge on any atom is 0.338 e. The van der Waals surface area contributed by atoms with Crippen molar-refractivity contribution in [2.24, 2.45) is 5.92 Å². The minimum atomic E-state index is -0.448. The Kier molecular flexibility index (Phi) is 8.00. The van der Waals surface area contributed by atoms with E-state index in [4.69, 9.17) is 4.74 Å². The largest absolute Gasteiger partial charge is 0.462 e. The molecular weight excluding hydrogens is 558 g/mol. The normalized spacial score (nSPS) is 12.5. The number of ether oxygens (including phenoxy) is 1. The van der Waals surface area contributed by atoms with Crippen LogP contribution < -0.4 is 15.8 Å². The molecule has 0 unspecified atom stereocenters. The fraction of sp³-hybridized carbons (Fsp3) is 0.212. The van der Waals surface area contributed by atoms with Crippen LogP contribution in [0, 0.1) is 5.92 Å². The summed E-state index contributed by atoms with van der Waals surface area (Å²) in [6.45, 7) is 2.13. The highest BCUT2D eigenvalue weighted by Crippen LogP contribution is 2.39. The Balaban J connectivity index is 1.46. The third-order valence-electron chi connectivity index (χ3n) is 7.62. The lowest BCUT2D eigenvalue weighted by molar-refractivity contribution is -0.117. The van der Waals surface area contributed by atoms with Gasteiger partial charge in [-0.1, -0.05) is 60.7 Å². The van der Waals surface area contributed by atoms with Gasteiger partial charge in [0.05, 0.1) is 24.4 Å². The molecule has 1 amide bonds. The van der Waals surface area contributed by atoms with Crippen molar-refractivity contribution in [1.29, 1.82) is 0 Å². The summed E-state index contributed by atoms with van der Waals surface area (Å²) < 4.78 is 6.78. The number of benzene rings is 3. The molecule has 1 aliphatic rings. The van der Waals surface area contributed by atoms with Crippen LogP contribution in [-0.2, 0) is 16.1 Å². The number of esters is 1. The van der Waals surface area contributed by atoms with Crippen molar-refractivity contribution >= 4 is 28.9 Å². The van der Waals surface area contributed by atoms with E-state index in [9.17, 15) is 14.4 Å². The van der Waals surface area contributed by atoms with E-state index in [1.807, 2.05) is 54.6 Å². The predicted octanol–water partition coefficient (Wildman–Crippen LogP) is 5.04. The van der Waals surface area contributed by atoms with Crippen molar-refractivity contribution in [3.63, 3.8) is 0 Å². The Hall–Kier alpha value is -5.58. The van der Waals surface area contributed by atoms with Gasteiger partial charge in [0.2, 0.25) is 5.91 Å². The number of pyridine rings is 1. The number of para-hydroxylation sites is 1. The summed E-state index contributed by atoms with van der Waals surface area (Å²) in [6.07, 6.45) is 3.30. The lowest BCUT2D eigenvalue weighted by Gasteiger charge is -2.26. The van der Waals surface area contributed by atoms with Crippen LogP contribution in [-0.4, -0.2) is 50.7 Å². The Bertz CT molecular complexity index is 1880. The third-order valence-corrected chi connectivity index (χ3v) is 7.62. The van der Waals surface area contributed by atoms with Crippen molar-refractivity contribution in [2.45, 2.75) is 26.3 Å². The molecule has 0 aliphatic heterocycles. The molecule has 3 aromatic carbocycles. The number of tetrazole rings is 1. The van der Waals surface area contributed by atoms with Gasteiger partial charge in [0.15, 0.2) is 5.82 Å². The number of nitrogens with zero attached hydrogens (tertiary/aromatic N) is 5. The first-order valence-corrected chi connectivity index (χ1v) is 14.4. The molecule has 2 N–H and O–H groups in total. The second-order valence-electron chi connectivity index (χ2n) is 10.5. The monoisotopic (exact) mass is 589 g/mol. The van der Waals surface area contributed by atoms with E-state index in [1.165, 1.54) is 4.57 Å². The first-order chi connectivity index (χ1) is 21.5. The number of anilines is 3. The fourth-order valence-corrected chi connectivity index (χ4v) is 5.25. The number of rotatable bonds is 10. The summed E-state index contributed by atoms with van der Waals surface area (Å²) in [5.74, 6) is -0.100. The van der Waals surface area contributed by atoms with Gasteiger partial charge in [-0.2, -0.15) is 0 Å². The molecule has 5 aromatic rings. The average molecular weight is 590 g/mol. The maximum absolute atomic E-state index is 14.3. The Morgan fingerprint density at radius 1 is 0.977 bits per heavy atom. The molecule has 6 rings (SSSR count). The van der Waals surface area contributed by atoms with Gasteiger partial charge >= 0.3 is 5.97 Å². The van der Waals surface area contributed by atoms with Crippen LogP contribution in [0.4, 0.5) is 17.1 Å². The highest BCUT2D eigenvalue weighted by molar-refractivity contribution is 5.98. The number of carbonyl (C=O) groups excluding carboxylic acids is 2. The van der Waals surface area contributed by atoms with Gasteiger partial charge in [-0.15, -0.1) is 5.10 Å². The van der Waals surface area contributed by atoms with Gasteiger partial charge in [0, 0.05) is 36.0 Å². The molecule has 11 heteroatoms. The van der Waals surface area contributed by atoms with Gasteiger partial charge in [0.25, 0.3) is 5.56 Å². The summed E-state index contributed by atoms with van der Waals surface area (Å²) in [6, 6.07) is 24.2. The molecule has 0 spiro atoms. The molecule has 0 atom stereocenters. The summed E-state index contributed by atoms with van der Waals surface area (Å²) in [5.41, 5.74) is 4.63. The molecular formula is C33H31N7O4. The molecule has 2 heterocycles. The quantitative estimate of drug-likeness (QED) is 0.217. The zero-order valence-corrected chi connectivity index (χ0v) is 24.4. The first-order valence-electron chi connectivity index (χ1n) is 14.4. The number of carbonyl (C=O) groups is 2. The SMILES string of the molecule is CCOC(=O)c1ccccc1Cn1ccc(NC(=O)C2CC2)c(N(C)c2ccccc2-c2ccccc2-c2nnn[nH]2)c1=O. The fourth-order valence-electron chi connectivity index (χ4n) is 5.25. The van der Waals surface area contributed by atoms with Crippen molar-refractivity contribution in [1.82, 2.24) is 25.2 Å². The third kappa shape index (κ3) is 5.71.